The van der Waals surface area contributed by atoms with Gasteiger partial charge < -0.3 is 10.4 Å². The zero-order chi connectivity index (χ0) is 21.8. The Hall–Kier alpha value is -2.96. The molecule has 156 valence electrons. The van der Waals surface area contributed by atoms with Gasteiger partial charge in [0.1, 0.15) is 12.4 Å². The molecule has 3 rings (SSSR count). The highest BCUT2D eigenvalue weighted by atomic mass is 35.5. The third-order valence-electron chi connectivity index (χ3n) is 4.90. The van der Waals surface area contributed by atoms with E-state index in [2.05, 4.69) is 10.3 Å². The molecule has 1 aromatic heterocycles. The summed E-state index contributed by atoms with van der Waals surface area (Å²) in [6.07, 6.45) is 0.178. The third-order valence-corrected chi connectivity index (χ3v) is 5.15. The summed E-state index contributed by atoms with van der Waals surface area (Å²) in [5, 5.41) is 12.8. The van der Waals surface area contributed by atoms with Gasteiger partial charge in [-0.2, -0.15) is 0 Å². The van der Waals surface area contributed by atoms with Gasteiger partial charge in [0.15, 0.2) is 0 Å². The molecule has 6 nitrogen and oxygen atoms in total. The number of hydrogen-bond acceptors (Lipinski definition) is 4. The van der Waals surface area contributed by atoms with Crippen LogP contribution in [0, 0.1) is 20.8 Å². The molecule has 3 aromatic rings. The maximum atomic E-state index is 13.2. The minimum absolute atomic E-state index is 0.174. The first-order valence-electron chi connectivity index (χ1n) is 9.64. The highest BCUT2D eigenvalue weighted by Crippen LogP contribution is 2.21. The number of nitrogens with one attached hydrogen (secondary N) is 1. The quantitative estimate of drug-likeness (QED) is 0.631. The molecular formula is C23H24ClN3O3. The number of anilines is 1. The molecule has 2 aromatic carbocycles. The van der Waals surface area contributed by atoms with Crippen LogP contribution in [0.25, 0.3) is 11.4 Å². The fourth-order valence-corrected chi connectivity index (χ4v) is 3.40. The molecule has 1 amide bonds. The van der Waals surface area contributed by atoms with E-state index in [0.717, 1.165) is 11.1 Å². The first-order valence-corrected chi connectivity index (χ1v) is 10.0. The topological polar surface area (TPSA) is 84.2 Å². The maximum absolute atomic E-state index is 13.2. The Morgan fingerprint density at radius 2 is 1.83 bits per heavy atom. The molecular weight excluding hydrogens is 402 g/mol. The summed E-state index contributed by atoms with van der Waals surface area (Å²) in [5.41, 5.74) is 3.93. The molecule has 2 N–H and O–H groups in total. The smallest absolute Gasteiger partial charge is 0.257 e. The van der Waals surface area contributed by atoms with Crippen molar-refractivity contribution in [1.29, 1.82) is 0 Å². The van der Waals surface area contributed by atoms with Crippen molar-refractivity contribution >= 4 is 23.2 Å². The summed E-state index contributed by atoms with van der Waals surface area (Å²) in [7, 11) is 0. The molecule has 0 saturated heterocycles. The van der Waals surface area contributed by atoms with Crippen molar-refractivity contribution in [3.8, 4) is 11.4 Å². The van der Waals surface area contributed by atoms with Crippen LogP contribution < -0.4 is 10.9 Å². The molecule has 0 aliphatic rings. The Labute approximate surface area is 180 Å². The minimum atomic E-state index is -0.336. The Bertz CT molecular complexity index is 1140. The van der Waals surface area contributed by atoms with Crippen LogP contribution in [0.1, 0.15) is 22.4 Å². The van der Waals surface area contributed by atoms with Crippen LogP contribution in [0.2, 0.25) is 5.02 Å². The number of aliphatic hydroxyl groups excluding tert-OH is 1. The summed E-state index contributed by atoms with van der Waals surface area (Å²) in [6, 6.07) is 12.7. The Balaban J connectivity index is 2.03. The molecule has 0 radical (unpaired) electrons. The van der Waals surface area contributed by atoms with Crippen molar-refractivity contribution in [2.24, 2.45) is 0 Å². The average Bonchev–Trinajstić information content (AvgIpc) is 2.70. The highest BCUT2D eigenvalue weighted by Gasteiger charge is 2.18. The number of rotatable bonds is 6. The van der Waals surface area contributed by atoms with Crippen molar-refractivity contribution in [3.05, 3.63) is 80.2 Å². The molecule has 0 bridgehead atoms. The predicted molar refractivity (Wildman–Crippen MR) is 119 cm³/mol. The van der Waals surface area contributed by atoms with Crippen molar-refractivity contribution in [2.45, 2.75) is 33.7 Å². The van der Waals surface area contributed by atoms with E-state index in [9.17, 15) is 14.7 Å². The molecule has 0 unspecified atom stereocenters. The van der Waals surface area contributed by atoms with Gasteiger partial charge in [0.2, 0.25) is 5.91 Å². The van der Waals surface area contributed by atoms with Crippen LogP contribution in [0.4, 0.5) is 5.69 Å². The lowest BCUT2D eigenvalue weighted by molar-refractivity contribution is -0.116. The van der Waals surface area contributed by atoms with Crippen molar-refractivity contribution in [2.75, 3.05) is 11.9 Å². The lowest BCUT2D eigenvalue weighted by Crippen LogP contribution is -2.33. The van der Waals surface area contributed by atoms with E-state index in [1.807, 2.05) is 32.0 Å². The van der Waals surface area contributed by atoms with E-state index < -0.39 is 0 Å². The molecule has 0 atom stereocenters. The molecule has 0 saturated carbocycles. The Morgan fingerprint density at radius 3 is 2.50 bits per heavy atom. The van der Waals surface area contributed by atoms with Gasteiger partial charge in [-0.1, -0.05) is 23.7 Å². The van der Waals surface area contributed by atoms with Gasteiger partial charge >= 0.3 is 0 Å². The lowest BCUT2D eigenvalue weighted by Gasteiger charge is -2.16. The van der Waals surface area contributed by atoms with Gasteiger partial charge in [0.05, 0.1) is 0 Å². The summed E-state index contributed by atoms with van der Waals surface area (Å²) in [6.45, 7) is 5.21. The van der Waals surface area contributed by atoms with Gasteiger partial charge in [0, 0.05) is 40.6 Å². The van der Waals surface area contributed by atoms with E-state index in [4.69, 9.17) is 11.6 Å². The number of amides is 1. The van der Waals surface area contributed by atoms with E-state index in [-0.39, 0.29) is 31.0 Å². The number of halogens is 1. The first-order chi connectivity index (χ1) is 14.3. The third kappa shape index (κ3) is 4.78. The molecule has 0 aliphatic heterocycles. The fourth-order valence-electron chi connectivity index (χ4n) is 3.27. The summed E-state index contributed by atoms with van der Waals surface area (Å²) >= 11 is 5.99. The van der Waals surface area contributed by atoms with Gasteiger partial charge in [-0.05, 0) is 62.2 Å². The summed E-state index contributed by atoms with van der Waals surface area (Å²) < 4.78 is 1.35. The normalized spacial score (nSPS) is 10.8. The van der Waals surface area contributed by atoms with Crippen LogP contribution >= 0.6 is 11.6 Å². The second-order valence-corrected chi connectivity index (χ2v) is 7.67. The number of hydrogen-bond donors (Lipinski definition) is 2. The average molecular weight is 426 g/mol. The number of benzene rings is 2. The van der Waals surface area contributed by atoms with Gasteiger partial charge in [-0.3, -0.25) is 14.2 Å². The van der Waals surface area contributed by atoms with Crippen LogP contribution in [-0.2, 0) is 17.8 Å². The largest absolute Gasteiger partial charge is 0.396 e. The number of nitrogens with zero attached hydrogens (tertiary/aromatic N) is 2. The molecule has 0 spiro atoms. The van der Waals surface area contributed by atoms with E-state index in [0.29, 0.717) is 33.4 Å². The van der Waals surface area contributed by atoms with Gasteiger partial charge in [-0.15, -0.1) is 0 Å². The van der Waals surface area contributed by atoms with Crippen LogP contribution in [0.3, 0.4) is 0 Å². The minimum Gasteiger partial charge on any atom is -0.396 e. The standard InChI is InChI=1S/C23H24ClN3O3/c1-14-4-5-15(2)20(12-14)26-21(29)13-27-22(17-6-8-18(24)9-7-17)25-16(3)19(10-11-28)23(27)30/h4-9,12,28H,10-11,13H2,1-3H3,(H,26,29). The van der Waals surface area contributed by atoms with Crippen LogP contribution in [-0.4, -0.2) is 27.2 Å². The zero-order valence-electron chi connectivity index (χ0n) is 17.2. The Kier molecular flexibility index (Phi) is 6.70. The summed E-state index contributed by atoms with van der Waals surface area (Å²) in [4.78, 5) is 30.5. The molecule has 1 heterocycles. The van der Waals surface area contributed by atoms with Crippen molar-refractivity contribution in [1.82, 2.24) is 9.55 Å². The monoisotopic (exact) mass is 425 g/mol. The number of aromatic nitrogens is 2. The van der Waals surface area contributed by atoms with E-state index in [1.54, 1.807) is 31.2 Å². The maximum Gasteiger partial charge on any atom is 0.257 e. The predicted octanol–water partition coefficient (Wildman–Crippen LogP) is 3.66. The lowest BCUT2D eigenvalue weighted by atomic mass is 10.1. The number of aryl methyl sites for hydroxylation is 3. The number of carbonyl (C=O) groups is 1. The van der Waals surface area contributed by atoms with Gasteiger partial charge in [-0.25, -0.2) is 4.98 Å². The number of aliphatic hydroxyl groups is 1. The molecule has 7 heteroatoms. The first kappa shape index (κ1) is 21.7. The highest BCUT2D eigenvalue weighted by molar-refractivity contribution is 6.30. The molecule has 0 aliphatic carbocycles. The summed E-state index contributed by atoms with van der Waals surface area (Å²) in [5.74, 6) is 0.0496. The SMILES string of the molecule is Cc1ccc(C)c(NC(=O)Cn2c(-c3ccc(Cl)cc3)nc(C)c(CCO)c2=O)c1. The van der Waals surface area contributed by atoms with Crippen LogP contribution in [0.5, 0.6) is 0 Å². The molecule has 0 fully saturated rings. The zero-order valence-corrected chi connectivity index (χ0v) is 18.0. The number of carbonyl (C=O) groups excluding carboxylic acids is 1. The van der Waals surface area contributed by atoms with Gasteiger partial charge in [0.25, 0.3) is 5.56 Å². The fraction of sp³-hybridized carbons (Fsp3) is 0.261. The van der Waals surface area contributed by atoms with E-state index in [1.165, 1.54) is 4.57 Å². The van der Waals surface area contributed by atoms with E-state index >= 15 is 0 Å². The van der Waals surface area contributed by atoms with Crippen molar-refractivity contribution in [3.63, 3.8) is 0 Å². The second-order valence-electron chi connectivity index (χ2n) is 7.24. The van der Waals surface area contributed by atoms with Crippen molar-refractivity contribution < 1.29 is 9.90 Å². The molecule has 30 heavy (non-hydrogen) atoms. The Morgan fingerprint density at radius 1 is 1.13 bits per heavy atom. The second kappa shape index (κ2) is 9.24. The van der Waals surface area contributed by atoms with Crippen LogP contribution in [0.15, 0.2) is 47.3 Å².